The van der Waals surface area contributed by atoms with Crippen LogP contribution in [0.2, 0.25) is 0 Å². The zero-order chi connectivity index (χ0) is 16.9. The van der Waals surface area contributed by atoms with Crippen LogP contribution in [-0.2, 0) is 0 Å². The van der Waals surface area contributed by atoms with Gasteiger partial charge in [0, 0.05) is 0 Å². The Labute approximate surface area is 140 Å². The maximum atomic E-state index is 12.8. The highest BCUT2D eigenvalue weighted by Gasteiger charge is 2.02. The van der Waals surface area contributed by atoms with E-state index in [0.29, 0.717) is 11.8 Å². The summed E-state index contributed by atoms with van der Waals surface area (Å²) >= 11 is 0. The number of hydrogen-bond donors (Lipinski definition) is 0. The van der Waals surface area contributed by atoms with Crippen molar-refractivity contribution < 1.29 is 8.78 Å². The maximum absolute atomic E-state index is 12.8. The molecule has 0 atom stereocenters. The van der Waals surface area contributed by atoms with Gasteiger partial charge in [-0.3, -0.25) is 0 Å². The summed E-state index contributed by atoms with van der Waals surface area (Å²) in [4.78, 5) is 0. The van der Waals surface area contributed by atoms with E-state index in [2.05, 4.69) is 27.7 Å². The minimum Gasteiger partial charge on any atom is -0.207 e. The summed E-state index contributed by atoms with van der Waals surface area (Å²) in [5.74, 6) is 0.729. The molecule has 0 spiro atoms. The van der Waals surface area contributed by atoms with E-state index >= 15 is 0 Å². The summed E-state index contributed by atoms with van der Waals surface area (Å²) in [7, 11) is 0. The van der Waals surface area contributed by atoms with Crippen molar-refractivity contribution in [3.8, 4) is 0 Å². The third-order valence-electron chi connectivity index (χ3n) is 3.70. The van der Waals surface area contributed by atoms with Crippen LogP contribution in [0.25, 0.3) is 0 Å². The maximum Gasteiger partial charge on any atom is 0.126 e. The lowest BCUT2D eigenvalue weighted by molar-refractivity contribution is 0.616. The second-order valence-corrected chi connectivity index (χ2v) is 6.33. The number of halogens is 2. The Morgan fingerprint density at radius 3 is 1.17 bits per heavy atom. The van der Waals surface area contributed by atoms with Gasteiger partial charge in [-0.05, 0) is 60.1 Å². The highest BCUT2D eigenvalue weighted by Crippen LogP contribution is 2.17. The molecule has 2 aromatic rings. The fraction of sp³-hybridized carbons (Fsp3) is 0.429. The molecule has 0 aliphatic rings. The van der Waals surface area contributed by atoms with E-state index < -0.39 is 0 Å². The Morgan fingerprint density at radius 2 is 0.957 bits per heavy atom. The number of benzene rings is 2. The Hall–Kier alpha value is -1.70. The number of aryl methyl sites for hydroxylation is 2. The van der Waals surface area contributed by atoms with Gasteiger partial charge in [0.1, 0.15) is 11.6 Å². The third kappa shape index (κ3) is 6.52. The summed E-state index contributed by atoms with van der Waals surface area (Å²) in [5.41, 5.74) is 3.86. The van der Waals surface area contributed by atoms with Gasteiger partial charge in [0.15, 0.2) is 0 Å². The van der Waals surface area contributed by atoms with Crippen LogP contribution in [0.1, 0.15) is 69.2 Å². The lowest BCUT2D eigenvalue weighted by Gasteiger charge is -2.05. The zero-order valence-corrected chi connectivity index (χ0v) is 14.4. The van der Waals surface area contributed by atoms with Crippen LogP contribution in [0.15, 0.2) is 36.4 Å². The van der Waals surface area contributed by atoms with E-state index in [0.717, 1.165) is 11.1 Å². The molecule has 0 saturated carbocycles. The van der Waals surface area contributed by atoms with Crippen molar-refractivity contribution in [2.45, 2.75) is 60.8 Å². The Bertz CT molecular complexity index is 558. The molecule has 0 aliphatic heterocycles. The van der Waals surface area contributed by atoms with Crippen molar-refractivity contribution in [2.75, 3.05) is 0 Å². The standard InChI is InChI=1S/2C10H13F.CH4/c2*1-7(2)9-4-5-10(11)8(3)6-9;/h2*4-7H,1-3H3;1H4. The molecule has 0 bridgehead atoms. The van der Waals surface area contributed by atoms with Crippen molar-refractivity contribution in [1.82, 2.24) is 0 Å². The van der Waals surface area contributed by atoms with Crippen molar-refractivity contribution in [2.24, 2.45) is 0 Å². The van der Waals surface area contributed by atoms with Crippen LogP contribution in [0.4, 0.5) is 8.78 Å². The highest BCUT2D eigenvalue weighted by molar-refractivity contribution is 5.26. The molecule has 2 heteroatoms. The van der Waals surface area contributed by atoms with Crippen LogP contribution >= 0.6 is 0 Å². The van der Waals surface area contributed by atoms with Crippen molar-refractivity contribution in [3.05, 3.63) is 70.3 Å². The first-order valence-corrected chi connectivity index (χ1v) is 7.74. The molecule has 0 aromatic heterocycles. The second kappa shape index (κ2) is 9.44. The van der Waals surface area contributed by atoms with Crippen molar-refractivity contribution in [3.63, 3.8) is 0 Å². The molecule has 0 radical (unpaired) electrons. The number of rotatable bonds is 2. The third-order valence-corrected chi connectivity index (χ3v) is 3.70. The first kappa shape index (κ1) is 21.3. The molecule has 0 nitrogen and oxygen atoms in total. The van der Waals surface area contributed by atoms with Gasteiger partial charge in [-0.2, -0.15) is 0 Å². The Morgan fingerprint density at radius 1 is 0.652 bits per heavy atom. The highest BCUT2D eigenvalue weighted by atomic mass is 19.1. The van der Waals surface area contributed by atoms with Gasteiger partial charge in [-0.15, -0.1) is 0 Å². The number of hydrogen-bond acceptors (Lipinski definition) is 0. The van der Waals surface area contributed by atoms with Gasteiger partial charge in [-0.1, -0.05) is 59.4 Å². The van der Waals surface area contributed by atoms with Crippen molar-refractivity contribution in [1.29, 1.82) is 0 Å². The van der Waals surface area contributed by atoms with E-state index in [1.165, 1.54) is 23.3 Å². The molecule has 0 fully saturated rings. The monoisotopic (exact) mass is 320 g/mol. The second-order valence-electron chi connectivity index (χ2n) is 6.33. The molecular formula is C21H30F2. The molecule has 2 rings (SSSR count). The molecule has 0 aliphatic carbocycles. The molecule has 23 heavy (non-hydrogen) atoms. The quantitative estimate of drug-likeness (QED) is 0.551. The summed E-state index contributed by atoms with van der Waals surface area (Å²) in [6, 6.07) is 10.6. The molecule has 2 aromatic carbocycles. The van der Waals surface area contributed by atoms with E-state index in [1.54, 1.807) is 13.8 Å². The molecule has 0 N–H and O–H groups in total. The summed E-state index contributed by atoms with van der Waals surface area (Å²) in [6.07, 6.45) is 0. The van der Waals surface area contributed by atoms with E-state index in [9.17, 15) is 8.78 Å². The molecule has 0 amide bonds. The normalized spacial score (nSPS) is 10.2. The van der Waals surface area contributed by atoms with Crippen LogP contribution in [0.3, 0.4) is 0 Å². The van der Waals surface area contributed by atoms with Gasteiger partial charge in [0.2, 0.25) is 0 Å². The topological polar surface area (TPSA) is 0 Å². The lowest BCUT2D eigenvalue weighted by atomic mass is 10.0. The Balaban J connectivity index is 0.000000403. The molecule has 128 valence electrons. The molecule has 0 heterocycles. The summed E-state index contributed by atoms with van der Waals surface area (Å²) in [5, 5.41) is 0. The average Bonchev–Trinajstić information content (AvgIpc) is 2.45. The minimum atomic E-state index is -0.116. The predicted octanol–water partition coefficient (Wildman–Crippen LogP) is 7.15. The van der Waals surface area contributed by atoms with Gasteiger partial charge in [0.05, 0.1) is 0 Å². The van der Waals surface area contributed by atoms with E-state index in [-0.39, 0.29) is 19.1 Å². The fourth-order valence-electron chi connectivity index (χ4n) is 2.05. The average molecular weight is 320 g/mol. The van der Waals surface area contributed by atoms with Gasteiger partial charge < -0.3 is 0 Å². The molecule has 0 saturated heterocycles. The largest absolute Gasteiger partial charge is 0.207 e. The molecule has 0 unspecified atom stereocenters. The fourth-order valence-corrected chi connectivity index (χ4v) is 2.05. The van der Waals surface area contributed by atoms with Crippen molar-refractivity contribution >= 4 is 0 Å². The summed E-state index contributed by atoms with van der Waals surface area (Å²) in [6.45, 7) is 12.0. The first-order chi connectivity index (χ1) is 10.2. The molecular weight excluding hydrogens is 290 g/mol. The van der Waals surface area contributed by atoms with Gasteiger partial charge in [-0.25, -0.2) is 8.78 Å². The van der Waals surface area contributed by atoms with Crippen LogP contribution in [-0.4, -0.2) is 0 Å². The first-order valence-electron chi connectivity index (χ1n) is 7.74. The SMILES string of the molecule is C.Cc1cc(C(C)C)ccc1F.Cc1cc(C(C)C)ccc1F. The Kier molecular flexibility index (Phi) is 8.74. The van der Waals surface area contributed by atoms with E-state index in [4.69, 9.17) is 0 Å². The lowest BCUT2D eigenvalue weighted by Crippen LogP contribution is -1.89. The van der Waals surface area contributed by atoms with Gasteiger partial charge >= 0.3 is 0 Å². The van der Waals surface area contributed by atoms with E-state index in [1.807, 2.05) is 24.3 Å². The van der Waals surface area contributed by atoms with Gasteiger partial charge in [0.25, 0.3) is 0 Å². The predicted molar refractivity (Wildman–Crippen MR) is 97.2 cm³/mol. The van der Waals surface area contributed by atoms with Crippen LogP contribution in [0.5, 0.6) is 0 Å². The van der Waals surface area contributed by atoms with Crippen LogP contribution in [0, 0.1) is 25.5 Å². The zero-order valence-electron chi connectivity index (χ0n) is 14.4. The minimum absolute atomic E-state index is 0. The smallest absolute Gasteiger partial charge is 0.126 e. The summed E-state index contributed by atoms with van der Waals surface area (Å²) < 4.78 is 25.5. The van der Waals surface area contributed by atoms with Crippen LogP contribution < -0.4 is 0 Å².